The number of hydrogen-bond donors (Lipinski definition) is 2. The van der Waals surface area contributed by atoms with E-state index in [1.165, 1.54) is 11.4 Å². The van der Waals surface area contributed by atoms with Crippen molar-refractivity contribution in [3.63, 3.8) is 0 Å². The molecule has 0 saturated heterocycles. The molecule has 1 amide bonds. The summed E-state index contributed by atoms with van der Waals surface area (Å²) in [5, 5.41) is 2.84. The minimum absolute atomic E-state index is 0.213. The maximum absolute atomic E-state index is 12.9. The predicted octanol–water partition coefficient (Wildman–Crippen LogP) is 4.46. The van der Waals surface area contributed by atoms with Crippen LogP contribution in [-0.2, 0) is 10.0 Å². The lowest BCUT2D eigenvalue weighted by molar-refractivity contribution is 0.102. The largest absolute Gasteiger partial charge is 0.345 e. The van der Waals surface area contributed by atoms with E-state index >= 15 is 0 Å². The zero-order valence-electron chi connectivity index (χ0n) is 17.6. The molecule has 0 spiro atoms. The van der Waals surface area contributed by atoms with E-state index in [-0.39, 0.29) is 10.8 Å². The number of H-pyrrole nitrogens is 1. The van der Waals surface area contributed by atoms with Gasteiger partial charge in [-0.3, -0.25) is 9.10 Å². The van der Waals surface area contributed by atoms with E-state index in [1.807, 2.05) is 19.1 Å². The zero-order chi connectivity index (χ0) is 22.7. The fourth-order valence-corrected chi connectivity index (χ4v) is 4.36. The molecule has 7 nitrogen and oxygen atoms in total. The van der Waals surface area contributed by atoms with Gasteiger partial charge in [-0.05, 0) is 67.6 Å². The minimum Gasteiger partial charge on any atom is -0.345 e. The lowest BCUT2D eigenvalue weighted by Crippen LogP contribution is -2.26. The number of hydrogen-bond acceptors (Lipinski definition) is 4. The lowest BCUT2D eigenvalue weighted by Gasteiger charge is -2.20. The van der Waals surface area contributed by atoms with Crippen LogP contribution in [0, 0.1) is 6.92 Å². The predicted molar refractivity (Wildman–Crippen MR) is 125 cm³/mol. The van der Waals surface area contributed by atoms with Gasteiger partial charge in [-0.1, -0.05) is 17.7 Å². The van der Waals surface area contributed by atoms with Crippen LogP contribution < -0.4 is 9.62 Å². The van der Waals surface area contributed by atoms with Crippen molar-refractivity contribution in [1.29, 1.82) is 0 Å². The molecule has 8 heteroatoms. The SMILES string of the molecule is Cc1ccc(S(=O)(=O)N(C)c2ccc(C(=O)Nc3ccc(-c4ncc[nH]4)cc3)cc2)cc1. The highest BCUT2D eigenvalue weighted by Gasteiger charge is 2.21. The van der Waals surface area contributed by atoms with Gasteiger partial charge < -0.3 is 10.3 Å². The molecule has 0 aliphatic carbocycles. The molecule has 0 aliphatic heterocycles. The summed E-state index contributed by atoms with van der Waals surface area (Å²) in [6.45, 7) is 1.90. The van der Waals surface area contributed by atoms with E-state index in [0.29, 0.717) is 16.9 Å². The monoisotopic (exact) mass is 446 g/mol. The van der Waals surface area contributed by atoms with Crippen molar-refractivity contribution in [2.45, 2.75) is 11.8 Å². The van der Waals surface area contributed by atoms with Crippen LogP contribution in [0.3, 0.4) is 0 Å². The number of aryl methyl sites for hydroxylation is 1. The summed E-state index contributed by atoms with van der Waals surface area (Å²) in [6.07, 6.45) is 3.43. The fraction of sp³-hybridized carbons (Fsp3) is 0.0833. The highest BCUT2D eigenvalue weighted by atomic mass is 32.2. The van der Waals surface area contributed by atoms with Gasteiger partial charge >= 0.3 is 0 Å². The Labute approximate surface area is 186 Å². The lowest BCUT2D eigenvalue weighted by atomic mass is 10.1. The van der Waals surface area contributed by atoms with E-state index in [4.69, 9.17) is 0 Å². The first-order valence-corrected chi connectivity index (χ1v) is 11.4. The minimum atomic E-state index is -3.69. The molecule has 4 rings (SSSR count). The Hall–Kier alpha value is -3.91. The standard InChI is InChI=1S/C24H22N4O3S/c1-17-3-13-22(14-4-17)32(30,31)28(2)21-11-7-19(8-12-21)24(29)27-20-9-5-18(6-10-20)23-25-15-16-26-23/h3-16H,1-2H3,(H,25,26)(H,27,29). The number of carbonyl (C=O) groups is 1. The van der Waals surface area contributed by atoms with E-state index in [1.54, 1.807) is 73.1 Å². The third-order valence-corrected chi connectivity index (χ3v) is 6.89. The van der Waals surface area contributed by atoms with Crippen molar-refractivity contribution in [1.82, 2.24) is 9.97 Å². The Kier molecular flexibility index (Phi) is 5.79. The van der Waals surface area contributed by atoms with E-state index in [0.717, 1.165) is 17.0 Å². The van der Waals surface area contributed by atoms with Gasteiger partial charge in [0.15, 0.2) is 0 Å². The number of nitrogens with zero attached hydrogens (tertiary/aromatic N) is 2. The Morgan fingerprint density at radius 3 is 2.19 bits per heavy atom. The first-order chi connectivity index (χ1) is 15.3. The number of sulfonamides is 1. The summed E-state index contributed by atoms with van der Waals surface area (Å²) in [5.41, 5.74) is 3.43. The number of carbonyl (C=O) groups excluding carboxylic acids is 1. The van der Waals surface area contributed by atoms with Gasteiger partial charge in [-0.25, -0.2) is 13.4 Å². The van der Waals surface area contributed by atoms with Crippen LogP contribution in [0.5, 0.6) is 0 Å². The molecule has 1 heterocycles. The van der Waals surface area contributed by atoms with Crippen molar-refractivity contribution in [3.8, 4) is 11.4 Å². The summed E-state index contributed by atoms with van der Waals surface area (Å²) >= 11 is 0. The normalized spacial score (nSPS) is 11.2. The molecule has 0 unspecified atom stereocenters. The van der Waals surface area contributed by atoms with Crippen molar-refractivity contribution < 1.29 is 13.2 Å². The molecule has 0 bridgehead atoms. The first-order valence-electron chi connectivity index (χ1n) is 9.91. The molecule has 0 fully saturated rings. The fourth-order valence-electron chi connectivity index (χ4n) is 3.17. The molecule has 0 saturated carbocycles. The molecule has 3 aromatic carbocycles. The molecular formula is C24H22N4O3S. The zero-order valence-corrected chi connectivity index (χ0v) is 18.4. The first kappa shape index (κ1) is 21.3. The molecule has 0 radical (unpaired) electrons. The molecule has 0 atom stereocenters. The van der Waals surface area contributed by atoms with Gasteiger partial charge in [0.25, 0.3) is 15.9 Å². The van der Waals surface area contributed by atoms with E-state index in [2.05, 4.69) is 15.3 Å². The van der Waals surface area contributed by atoms with Crippen molar-refractivity contribution in [2.24, 2.45) is 0 Å². The van der Waals surface area contributed by atoms with Gasteiger partial charge in [0.2, 0.25) is 0 Å². The maximum Gasteiger partial charge on any atom is 0.264 e. The van der Waals surface area contributed by atoms with Gasteiger partial charge in [0.05, 0.1) is 10.6 Å². The number of benzene rings is 3. The van der Waals surface area contributed by atoms with Gasteiger partial charge in [0.1, 0.15) is 5.82 Å². The molecule has 4 aromatic rings. The summed E-state index contributed by atoms with van der Waals surface area (Å²) in [5.74, 6) is 0.467. The third kappa shape index (κ3) is 4.40. The topological polar surface area (TPSA) is 95.2 Å². The Morgan fingerprint density at radius 2 is 1.59 bits per heavy atom. The second-order valence-electron chi connectivity index (χ2n) is 7.30. The number of rotatable bonds is 6. The second-order valence-corrected chi connectivity index (χ2v) is 9.27. The van der Waals surface area contributed by atoms with Crippen LogP contribution in [-0.4, -0.2) is 31.3 Å². The number of aromatic nitrogens is 2. The van der Waals surface area contributed by atoms with Gasteiger partial charge in [-0.15, -0.1) is 0 Å². The Balaban J connectivity index is 1.46. The van der Waals surface area contributed by atoms with Gasteiger partial charge in [0, 0.05) is 36.3 Å². The number of aromatic amines is 1. The molecule has 32 heavy (non-hydrogen) atoms. The average molecular weight is 447 g/mol. The number of nitrogens with one attached hydrogen (secondary N) is 2. The van der Waals surface area contributed by atoms with Crippen LogP contribution in [0.15, 0.2) is 90.1 Å². The van der Waals surface area contributed by atoms with Crippen LogP contribution in [0.2, 0.25) is 0 Å². The van der Waals surface area contributed by atoms with Crippen LogP contribution in [0.25, 0.3) is 11.4 Å². The Bertz CT molecular complexity index is 1310. The summed E-state index contributed by atoms with van der Waals surface area (Å²) in [7, 11) is -2.20. The van der Waals surface area contributed by atoms with Crippen molar-refractivity contribution >= 4 is 27.3 Å². The second kappa shape index (κ2) is 8.68. The van der Waals surface area contributed by atoms with Crippen molar-refractivity contribution in [2.75, 3.05) is 16.7 Å². The number of imidazole rings is 1. The quantitative estimate of drug-likeness (QED) is 0.457. The van der Waals surface area contributed by atoms with E-state index < -0.39 is 10.0 Å². The average Bonchev–Trinajstić information content (AvgIpc) is 3.34. The highest BCUT2D eigenvalue weighted by molar-refractivity contribution is 7.92. The summed E-state index contributed by atoms with van der Waals surface area (Å²) in [6, 6.07) is 20.4. The van der Waals surface area contributed by atoms with Crippen LogP contribution >= 0.6 is 0 Å². The smallest absolute Gasteiger partial charge is 0.264 e. The van der Waals surface area contributed by atoms with Crippen LogP contribution in [0.4, 0.5) is 11.4 Å². The summed E-state index contributed by atoms with van der Waals surface area (Å²) in [4.78, 5) is 20.0. The molecule has 2 N–H and O–H groups in total. The number of anilines is 2. The maximum atomic E-state index is 12.9. The highest BCUT2D eigenvalue weighted by Crippen LogP contribution is 2.23. The van der Waals surface area contributed by atoms with Crippen molar-refractivity contribution in [3.05, 3.63) is 96.3 Å². The molecule has 1 aromatic heterocycles. The number of amides is 1. The van der Waals surface area contributed by atoms with Crippen LogP contribution in [0.1, 0.15) is 15.9 Å². The van der Waals surface area contributed by atoms with Gasteiger partial charge in [-0.2, -0.15) is 0 Å². The Morgan fingerprint density at radius 1 is 0.938 bits per heavy atom. The molecule has 162 valence electrons. The third-order valence-electron chi connectivity index (χ3n) is 5.09. The molecule has 0 aliphatic rings. The summed E-state index contributed by atoms with van der Waals surface area (Å²) < 4.78 is 26.9. The molecular weight excluding hydrogens is 424 g/mol. The van der Waals surface area contributed by atoms with E-state index in [9.17, 15) is 13.2 Å².